The summed E-state index contributed by atoms with van der Waals surface area (Å²) in [7, 11) is 3.45. The van der Waals surface area contributed by atoms with E-state index in [0.29, 0.717) is 5.82 Å². The molecule has 21 heavy (non-hydrogen) atoms. The van der Waals surface area contributed by atoms with Crippen LogP contribution in [0.15, 0.2) is 35.4 Å². The minimum Gasteiger partial charge on any atom is -0.496 e. The molecule has 2 heterocycles. The van der Waals surface area contributed by atoms with Gasteiger partial charge in [0.1, 0.15) is 5.75 Å². The van der Waals surface area contributed by atoms with E-state index >= 15 is 0 Å². The molecule has 0 saturated carbocycles. The Hall–Kier alpha value is -2.30. The molecule has 1 aromatic heterocycles. The summed E-state index contributed by atoms with van der Waals surface area (Å²) in [6, 6.07) is 6.15. The van der Waals surface area contributed by atoms with Crippen LogP contribution in [-0.2, 0) is 19.9 Å². The maximum absolute atomic E-state index is 12.2. The Kier molecular flexibility index (Phi) is 3.64. The van der Waals surface area contributed by atoms with Crippen molar-refractivity contribution in [1.29, 1.82) is 0 Å². The first-order valence-corrected chi connectivity index (χ1v) is 7.12. The van der Waals surface area contributed by atoms with E-state index in [9.17, 15) is 4.79 Å². The Labute approximate surface area is 123 Å². The fourth-order valence-electron chi connectivity index (χ4n) is 2.85. The molecule has 0 amide bonds. The standard InChI is InChI=1S/C16H19N3O2/c1-18-11-8-17-15(16(18)20)19-9-6-12-4-3-5-14(21-2)13(12)7-10-19/h3-5,8,11H,6-7,9-10H2,1-2H3. The van der Waals surface area contributed by atoms with Gasteiger partial charge >= 0.3 is 0 Å². The van der Waals surface area contributed by atoms with Crippen molar-refractivity contribution >= 4 is 5.82 Å². The van der Waals surface area contributed by atoms with Crippen molar-refractivity contribution in [2.24, 2.45) is 7.05 Å². The SMILES string of the molecule is COc1cccc2c1CCN(c1nccn(C)c1=O)CC2. The fourth-order valence-corrected chi connectivity index (χ4v) is 2.85. The molecule has 0 bridgehead atoms. The number of benzene rings is 1. The van der Waals surface area contributed by atoms with Crippen LogP contribution in [0.5, 0.6) is 5.75 Å². The van der Waals surface area contributed by atoms with Gasteiger partial charge in [-0.1, -0.05) is 12.1 Å². The van der Waals surface area contributed by atoms with Gasteiger partial charge in [0.2, 0.25) is 0 Å². The molecule has 0 fully saturated rings. The Morgan fingerprint density at radius 3 is 2.86 bits per heavy atom. The van der Waals surface area contributed by atoms with Gasteiger partial charge in [-0.3, -0.25) is 4.79 Å². The van der Waals surface area contributed by atoms with Gasteiger partial charge in [0.15, 0.2) is 5.82 Å². The lowest BCUT2D eigenvalue weighted by molar-refractivity contribution is 0.409. The number of methoxy groups -OCH3 is 1. The number of aryl methyl sites for hydroxylation is 1. The third-order valence-electron chi connectivity index (χ3n) is 4.03. The quantitative estimate of drug-likeness (QED) is 0.836. The predicted molar refractivity (Wildman–Crippen MR) is 82.1 cm³/mol. The first kappa shape index (κ1) is 13.7. The lowest BCUT2D eigenvalue weighted by Crippen LogP contribution is -2.34. The zero-order valence-corrected chi connectivity index (χ0v) is 12.4. The van der Waals surface area contributed by atoms with Gasteiger partial charge in [0, 0.05) is 32.5 Å². The molecule has 0 radical (unpaired) electrons. The summed E-state index contributed by atoms with van der Waals surface area (Å²) < 4.78 is 7.02. The average Bonchev–Trinajstić information content (AvgIpc) is 2.72. The summed E-state index contributed by atoms with van der Waals surface area (Å²) >= 11 is 0. The van der Waals surface area contributed by atoms with Crippen LogP contribution in [0.4, 0.5) is 5.82 Å². The van der Waals surface area contributed by atoms with E-state index in [1.165, 1.54) is 11.1 Å². The van der Waals surface area contributed by atoms with E-state index in [1.807, 2.05) is 12.1 Å². The smallest absolute Gasteiger partial charge is 0.293 e. The molecule has 3 rings (SSSR count). The van der Waals surface area contributed by atoms with E-state index < -0.39 is 0 Å². The van der Waals surface area contributed by atoms with E-state index in [2.05, 4.69) is 16.0 Å². The predicted octanol–water partition coefficient (Wildman–Crippen LogP) is 1.39. The third kappa shape index (κ3) is 2.51. The second-order valence-electron chi connectivity index (χ2n) is 5.25. The average molecular weight is 285 g/mol. The van der Waals surface area contributed by atoms with Crippen LogP contribution in [0.1, 0.15) is 11.1 Å². The van der Waals surface area contributed by atoms with Gasteiger partial charge in [-0.2, -0.15) is 0 Å². The van der Waals surface area contributed by atoms with Crippen LogP contribution in [-0.4, -0.2) is 29.8 Å². The topological polar surface area (TPSA) is 47.4 Å². The Bertz CT molecular complexity index is 709. The highest BCUT2D eigenvalue weighted by Crippen LogP contribution is 2.26. The Morgan fingerprint density at radius 2 is 2.05 bits per heavy atom. The number of fused-ring (bicyclic) bond motifs is 1. The van der Waals surface area contributed by atoms with Crippen molar-refractivity contribution in [3.63, 3.8) is 0 Å². The lowest BCUT2D eigenvalue weighted by atomic mass is 10.0. The van der Waals surface area contributed by atoms with Crippen LogP contribution in [0, 0.1) is 0 Å². The molecule has 0 unspecified atom stereocenters. The number of anilines is 1. The van der Waals surface area contributed by atoms with Crippen molar-refractivity contribution in [1.82, 2.24) is 9.55 Å². The van der Waals surface area contributed by atoms with Crippen molar-refractivity contribution in [3.8, 4) is 5.75 Å². The zero-order valence-electron chi connectivity index (χ0n) is 12.4. The molecule has 5 heteroatoms. The maximum atomic E-state index is 12.2. The summed E-state index contributed by atoms with van der Waals surface area (Å²) in [5.41, 5.74) is 2.50. The number of nitrogens with zero attached hydrogens (tertiary/aromatic N) is 3. The highest BCUT2D eigenvalue weighted by atomic mass is 16.5. The van der Waals surface area contributed by atoms with Crippen molar-refractivity contribution < 1.29 is 4.74 Å². The van der Waals surface area contributed by atoms with Crippen LogP contribution >= 0.6 is 0 Å². The summed E-state index contributed by atoms with van der Waals surface area (Å²) in [6.07, 6.45) is 5.11. The Balaban J connectivity index is 1.91. The van der Waals surface area contributed by atoms with Crippen LogP contribution < -0.4 is 15.2 Å². The number of rotatable bonds is 2. The summed E-state index contributed by atoms with van der Waals surface area (Å²) in [5.74, 6) is 1.47. The lowest BCUT2D eigenvalue weighted by Gasteiger charge is -2.20. The second kappa shape index (κ2) is 5.60. The number of hydrogen-bond donors (Lipinski definition) is 0. The molecular weight excluding hydrogens is 266 g/mol. The molecule has 0 N–H and O–H groups in total. The molecule has 0 atom stereocenters. The maximum Gasteiger partial charge on any atom is 0.293 e. The van der Waals surface area contributed by atoms with Gasteiger partial charge in [-0.15, -0.1) is 0 Å². The van der Waals surface area contributed by atoms with E-state index in [4.69, 9.17) is 4.74 Å². The molecule has 2 aromatic rings. The number of ether oxygens (including phenoxy) is 1. The zero-order chi connectivity index (χ0) is 14.8. The largest absolute Gasteiger partial charge is 0.496 e. The normalized spacial score (nSPS) is 14.5. The van der Waals surface area contributed by atoms with Gasteiger partial charge in [0.25, 0.3) is 5.56 Å². The van der Waals surface area contributed by atoms with Crippen LogP contribution in [0.3, 0.4) is 0 Å². The van der Waals surface area contributed by atoms with Crippen LogP contribution in [0.2, 0.25) is 0 Å². The van der Waals surface area contributed by atoms with Crippen molar-refractivity contribution in [2.75, 3.05) is 25.1 Å². The Morgan fingerprint density at radius 1 is 1.24 bits per heavy atom. The first-order valence-electron chi connectivity index (χ1n) is 7.12. The van der Waals surface area contributed by atoms with Gasteiger partial charge in [-0.25, -0.2) is 4.98 Å². The van der Waals surface area contributed by atoms with Crippen molar-refractivity contribution in [2.45, 2.75) is 12.8 Å². The van der Waals surface area contributed by atoms with Gasteiger partial charge in [0.05, 0.1) is 7.11 Å². The number of hydrogen-bond acceptors (Lipinski definition) is 4. The molecule has 0 spiro atoms. The third-order valence-corrected chi connectivity index (χ3v) is 4.03. The molecular formula is C16H19N3O2. The summed E-state index contributed by atoms with van der Waals surface area (Å²) in [4.78, 5) is 18.6. The highest BCUT2D eigenvalue weighted by Gasteiger charge is 2.19. The molecule has 1 aliphatic rings. The summed E-state index contributed by atoms with van der Waals surface area (Å²) in [6.45, 7) is 1.58. The minimum atomic E-state index is -0.0459. The van der Waals surface area contributed by atoms with Gasteiger partial charge in [-0.05, 0) is 30.0 Å². The van der Waals surface area contributed by atoms with E-state index in [0.717, 1.165) is 31.7 Å². The van der Waals surface area contributed by atoms with E-state index in [-0.39, 0.29) is 5.56 Å². The minimum absolute atomic E-state index is 0.0459. The molecule has 0 saturated heterocycles. The first-order chi connectivity index (χ1) is 10.2. The molecule has 1 aromatic carbocycles. The summed E-state index contributed by atoms with van der Waals surface area (Å²) in [5, 5.41) is 0. The molecule has 5 nitrogen and oxygen atoms in total. The monoisotopic (exact) mass is 285 g/mol. The van der Waals surface area contributed by atoms with Gasteiger partial charge < -0.3 is 14.2 Å². The van der Waals surface area contributed by atoms with Crippen molar-refractivity contribution in [3.05, 3.63) is 52.1 Å². The molecule has 1 aliphatic heterocycles. The number of aromatic nitrogens is 2. The molecule has 110 valence electrons. The molecule has 0 aliphatic carbocycles. The van der Waals surface area contributed by atoms with Crippen LogP contribution in [0.25, 0.3) is 0 Å². The highest BCUT2D eigenvalue weighted by molar-refractivity contribution is 5.45. The second-order valence-corrected chi connectivity index (χ2v) is 5.25. The van der Waals surface area contributed by atoms with E-state index in [1.54, 1.807) is 31.1 Å². The fraction of sp³-hybridized carbons (Fsp3) is 0.375.